The third kappa shape index (κ3) is 3.42. The Bertz CT molecular complexity index is 1560. The van der Waals surface area contributed by atoms with Crippen LogP contribution in [0.5, 0.6) is 5.75 Å². The average molecular weight is 504 g/mol. The molecule has 4 aromatic rings. The number of thiazole rings is 1. The molecule has 174 valence electrons. The van der Waals surface area contributed by atoms with Gasteiger partial charge in [-0.15, -0.1) is 0 Å². The van der Waals surface area contributed by atoms with Gasteiger partial charge in [0, 0.05) is 28.4 Å². The molecule has 4 heterocycles. The number of aryl methyl sites for hydroxylation is 1. The van der Waals surface area contributed by atoms with Crippen LogP contribution in [0.15, 0.2) is 30.7 Å². The summed E-state index contributed by atoms with van der Waals surface area (Å²) in [6.07, 6.45) is 7.29. The Kier molecular flexibility index (Phi) is 4.78. The fourth-order valence-electron chi connectivity index (χ4n) is 5.13. The van der Waals surface area contributed by atoms with Crippen molar-refractivity contribution in [2.24, 2.45) is 5.41 Å². The number of fused-ring (bicyclic) bond motifs is 1. The zero-order chi connectivity index (χ0) is 24.4. The van der Waals surface area contributed by atoms with E-state index in [0.29, 0.717) is 38.0 Å². The maximum atomic E-state index is 13.3. The number of nitriles is 1. The fraction of sp³-hybridized carbons (Fsp3) is 0.292. The summed E-state index contributed by atoms with van der Waals surface area (Å²) in [4.78, 5) is 36.0. The normalized spacial score (nSPS) is 22.1. The summed E-state index contributed by atoms with van der Waals surface area (Å²) in [7, 11) is 1.53. The molecule has 1 N–H and O–H groups in total. The van der Waals surface area contributed by atoms with Gasteiger partial charge in [-0.2, -0.15) is 10.2 Å². The van der Waals surface area contributed by atoms with Gasteiger partial charge in [-0.1, -0.05) is 22.9 Å². The lowest BCUT2D eigenvalue weighted by atomic mass is 9.35. The second kappa shape index (κ2) is 7.66. The predicted molar refractivity (Wildman–Crippen MR) is 131 cm³/mol. The maximum absolute atomic E-state index is 13.3. The van der Waals surface area contributed by atoms with Crippen molar-refractivity contribution in [3.05, 3.63) is 52.8 Å². The molecule has 3 aliphatic rings. The van der Waals surface area contributed by atoms with Crippen LogP contribution in [0, 0.1) is 23.7 Å². The number of hydrogen-bond acceptors (Lipinski definition) is 9. The Morgan fingerprint density at radius 3 is 2.69 bits per heavy atom. The van der Waals surface area contributed by atoms with Crippen molar-refractivity contribution < 1.29 is 9.53 Å². The molecule has 0 spiro atoms. The number of carbonyl (C=O) groups excluding carboxylic acids is 1. The molecule has 0 saturated heterocycles. The summed E-state index contributed by atoms with van der Waals surface area (Å²) in [5.74, 6) is 0.110. The molecular weight excluding hydrogens is 486 g/mol. The zero-order valence-electron chi connectivity index (χ0n) is 18.8. The molecule has 3 saturated carbocycles. The number of nitrogens with one attached hydrogen (secondary N) is 1. The van der Waals surface area contributed by atoms with Gasteiger partial charge in [0.05, 0.1) is 42.2 Å². The van der Waals surface area contributed by atoms with E-state index in [9.17, 15) is 10.1 Å². The van der Waals surface area contributed by atoms with Crippen LogP contribution in [0.1, 0.15) is 41.0 Å². The van der Waals surface area contributed by atoms with Crippen molar-refractivity contribution in [2.45, 2.75) is 31.6 Å². The number of halogens is 1. The highest BCUT2D eigenvalue weighted by Gasteiger charge is 2.70. The van der Waals surface area contributed by atoms with E-state index in [2.05, 4.69) is 31.3 Å². The highest BCUT2D eigenvalue weighted by atomic mass is 35.5. The van der Waals surface area contributed by atoms with Crippen LogP contribution >= 0.6 is 22.9 Å². The SMILES string of the molecule is COc1cnc(Cl)cc1-c1cc(C)ncc1C(=O)Nc1nc2ncc(C34CC(C#N)(C3)C4)nc2s1. The van der Waals surface area contributed by atoms with Gasteiger partial charge in [0.25, 0.3) is 5.91 Å². The molecule has 4 aromatic heterocycles. The minimum atomic E-state index is -0.378. The second-order valence-corrected chi connectivity index (χ2v) is 10.5. The van der Waals surface area contributed by atoms with Gasteiger partial charge in [-0.05, 0) is 38.3 Å². The summed E-state index contributed by atoms with van der Waals surface area (Å²) in [6.45, 7) is 1.84. The Hall–Kier alpha value is -3.68. The van der Waals surface area contributed by atoms with E-state index in [4.69, 9.17) is 21.3 Å². The molecule has 7 rings (SSSR count). The molecule has 11 heteroatoms. The van der Waals surface area contributed by atoms with Crippen LogP contribution in [0.4, 0.5) is 5.13 Å². The van der Waals surface area contributed by atoms with Gasteiger partial charge in [0.2, 0.25) is 0 Å². The van der Waals surface area contributed by atoms with Crippen LogP contribution in [0.3, 0.4) is 0 Å². The molecule has 2 bridgehead atoms. The van der Waals surface area contributed by atoms with Crippen molar-refractivity contribution in [3.63, 3.8) is 0 Å². The van der Waals surface area contributed by atoms with Crippen LogP contribution in [-0.4, -0.2) is 37.9 Å². The topological polar surface area (TPSA) is 127 Å². The Balaban J connectivity index is 1.30. The lowest BCUT2D eigenvalue weighted by Gasteiger charge is -2.66. The first kappa shape index (κ1) is 21.8. The lowest BCUT2D eigenvalue weighted by molar-refractivity contribution is -0.0956. The number of methoxy groups -OCH3 is 1. The Morgan fingerprint density at radius 2 is 1.94 bits per heavy atom. The quantitative estimate of drug-likeness (QED) is 0.388. The molecule has 35 heavy (non-hydrogen) atoms. The first-order chi connectivity index (χ1) is 16.8. The third-order valence-corrected chi connectivity index (χ3v) is 7.84. The minimum Gasteiger partial charge on any atom is -0.494 e. The summed E-state index contributed by atoms with van der Waals surface area (Å²) >= 11 is 7.39. The number of carbonyl (C=O) groups is 1. The maximum Gasteiger partial charge on any atom is 0.259 e. The number of hydrogen-bond donors (Lipinski definition) is 1. The number of amides is 1. The number of ether oxygens (including phenoxy) is 1. The molecule has 0 aliphatic heterocycles. The molecule has 0 atom stereocenters. The van der Waals surface area contributed by atoms with E-state index < -0.39 is 0 Å². The van der Waals surface area contributed by atoms with E-state index >= 15 is 0 Å². The molecule has 3 fully saturated rings. The largest absolute Gasteiger partial charge is 0.494 e. The smallest absolute Gasteiger partial charge is 0.259 e. The number of aromatic nitrogens is 5. The van der Waals surface area contributed by atoms with Gasteiger partial charge in [0.1, 0.15) is 10.9 Å². The predicted octanol–water partition coefficient (Wildman–Crippen LogP) is 4.71. The van der Waals surface area contributed by atoms with E-state index in [1.807, 2.05) is 6.92 Å². The van der Waals surface area contributed by atoms with Crippen molar-refractivity contribution >= 4 is 44.5 Å². The van der Waals surface area contributed by atoms with Gasteiger partial charge < -0.3 is 4.74 Å². The van der Waals surface area contributed by atoms with E-state index in [0.717, 1.165) is 30.7 Å². The first-order valence-electron chi connectivity index (χ1n) is 10.9. The molecule has 0 aromatic carbocycles. The van der Waals surface area contributed by atoms with E-state index in [-0.39, 0.29) is 21.9 Å². The molecule has 1 amide bonds. The summed E-state index contributed by atoms with van der Waals surface area (Å²) in [5, 5.41) is 12.8. The van der Waals surface area contributed by atoms with Crippen LogP contribution in [-0.2, 0) is 5.41 Å². The van der Waals surface area contributed by atoms with E-state index in [1.54, 1.807) is 18.3 Å². The average Bonchev–Trinajstić information content (AvgIpc) is 3.19. The number of anilines is 1. The summed E-state index contributed by atoms with van der Waals surface area (Å²) in [5.41, 5.74) is 3.51. The molecular formula is C24H18ClN7O2S. The second-order valence-electron chi connectivity index (χ2n) is 9.14. The number of nitrogens with zero attached hydrogens (tertiary/aromatic N) is 6. The first-order valence-corrected chi connectivity index (χ1v) is 12.1. The monoisotopic (exact) mass is 503 g/mol. The summed E-state index contributed by atoms with van der Waals surface area (Å²) in [6, 6.07) is 5.87. The lowest BCUT2D eigenvalue weighted by Crippen LogP contribution is -2.64. The van der Waals surface area contributed by atoms with Crippen molar-refractivity contribution in [3.8, 4) is 22.9 Å². The van der Waals surface area contributed by atoms with Crippen LogP contribution < -0.4 is 10.1 Å². The van der Waals surface area contributed by atoms with Crippen molar-refractivity contribution in [2.75, 3.05) is 12.4 Å². The van der Waals surface area contributed by atoms with E-state index in [1.165, 1.54) is 30.8 Å². The number of rotatable bonds is 5. The molecule has 0 unspecified atom stereocenters. The Labute approximate surface area is 209 Å². The van der Waals surface area contributed by atoms with Crippen LogP contribution in [0.2, 0.25) is 5.15 Å². The van der Waals surface area contributed by atoms with Gasteiger partial charge in [0.15, 0.2) is 15.6 Å². The molecule has 3 aliphatic carbocycles. The summed E-state index contributed by atoms with van der Waals surface area (Å²) < 4.78 is 5.44. The fourth-order valence-corrected chi connectivity index (χ4v) is 6.08. The standard InChI is InChI=1S/C24H18ClN7O2S/c1-12-3-13(14-4-18(25)28-6-16(14)34-2)15(5-27-12)20(33)32-22-31-19-21(35-22)30-17(7-29-19)24-8-23(9-24,10-24)11-26/h3-7H,8-10H2,1-2H3,(H,29,31,32,33). The van der Waals surface area contributed by atoms with Crippen molar-refractivity contribution in [1.29, 1.82) is 5.26 Å². The van der Waals surface area contributed by atoms with Gasteiger partial charge in [-0.3, -0.25) is 15.1 Å². The van der Waals surface area contributed by atoms with Crippen molar-refractivity contribution in [1.82, 2.24) is 24.9 Å². The highest BCUT2D eigenvalue weighted by Crippen LogP contribution is 2.72. The third-order valence-electron chi connectivity index (χ3n) is 6.78. The minimum absolute atomic E-state index is 0.0301. The van der Waals surface area contributed by atoms with Gasteiger partial charge >= 0.3 is 0 Å². The van der Waals surface area contributed by atoms with Gasteiger partial charge in [-0.25, -0.2) is 15.0 Å². The molecule has 0 radical (unpaired) electrons. The zero-order valence-corrected chi connectivity index (χ0v) is 20.4. The molecule has 9 nitrogen and oxygen atoms in total. The highest BCUT2D eigenvalue weighted by molar-refractivity contribution is 7.21. The van der Waals surface area contributed by atoms with Crippen LogP contribution in [0.25, 0.3) is 21.6 Å². The number of pyridine rings is 2. The Morgan fingerprint density at radius 1 is 1.14 bits per heavy atom.